The molecule has 0 aromatic heterocycles. The minimum Gasteiger partial charge on any atom is -0.410 e. The van der Waals surface area contributed by atoms with Gasteiger partial charge in [0.25, 0.3) is 5.79 Å². The van der Waals surface area contributed by atoms with Crippen LogP contribution in [0.1, 0.15) is 26.7 Å². The van der Waals surface area contributed by atoms with Crippen molar-refractivity contribution in [3.63, 3.8) is 0 Å². The van der Waals surface area contributed by atoms with E-state index < -0.39 is 17.5 Å². The Bertz CT molecular complexity index is 346. The number of hydrogen-bond acceptors (Lipinski definition) is 4. The predicted molar refractivity (Wildman–Crippen MR) is 58.4 cm³/mol. The van der Waals surface area contributed by atoms with Gasteiger partial charge in [0.1, 0.15) is 0 Å². The maximum atomic E-state index is 10.7. The summed E-state index contributed by atoms with van der Waals surface area (Å²) in [6.07, 6.45) is 4.71. The fourth-order valence-electron chi connectivity index (χ4n) is 1.73. The zero-order chi connectivity index (χ0) is 12.4. The van der Waals surface area contributed by atoms with Crippen molar-refractivity contribution in [2.45, 2.75) is 38.1 Å². The number of carbonyl (C=O) groups is 1. The van der Waals surface area contributed by atoms with Gasteiger partial charge in [-0.2, -0.15) is 0 Å². The maximum Gasteiger partial charge on any atom is 0.407 e. The van der Waals surface area contributed by atoms with Crippen LogP contribution in [-0.4, -0.2) is 27.7 Å². The largest absolute Gasteiger partial charge is 0.410 e. The summed E-state index contributed by atoms with van der Waals surface area (Å²) in [5, 5.41) is 20.3. The molecule has 2 atom stereocenters. The van der Waals surface area contributed by atoms with Crippen molar-refractivity contribution >= 4 is 6.09 Å². The average molecular weight is 227 g/mol. The first-order valence-electron chi connectivity index (χ1n) is 5.15. The number of nitrogens with two attached hydrogens (primary N) is 1. The predicted octanol–water partition coefficient (Wildman–Crippen LogP) is 0.818. The Kier molecular flexibility index (Phi) is 3.40. The van der Waals surface area contributed by atoms with Crippen molar-refractivity contribution < 1.29 is 19.7 Å². The lowest BCUT2D eigenvalue weighted by molar-refractivity contribution is -0.219. The Morgan fingerprint density at radius 3 is 2.69 bits per heavy atom. The Morgan fingerprint density at radius 1 is 1.56 bits per heavy atom. The molecule has 0 bridgehead atoms. The highest BCUT2D eigenvalue weighted by atomic mass is 16.7. The van der Waals surface area contributed by atoms with Crippen molar-refractivity contribution in [2.75, 3.05) is 0 Å². The van der Waals surface area contributed by atoms with Crippen molar-refractivity contribution in [1.82, 2.24) is 0 Å². The first-order chi connectivity index (χ1) is 7.33. The van der Waals surface area contributed by atoms with E-state index in [1.165, 1.54) is 19.1 Å². The van der Waals surface area contributed by atoms with Gasteiger partial charge in [-0.05, 0) is 25.0 Å². The highest BCUT2D eigenvalue weighted by Gasteiger charge is 2.50. The minimum atomic E-state index is -2.10. The van der Waals surface area contributed by atoms with Gasteiger partial charge in [-0.25, -0.2) is 4.79 Å². The van der Waals surface area contributed by atoms with Gasteiger partial charge in [0.2, 0.25) is 0 Å². The summed E-state index contributed by atoms with van der Waals surface area (Å²) in [5.74, 6) is -2.10. The van der Waals surface area contributed by atoms with Gasteiger partial charge in [-0.1, -0.05) is 25.5 Å². The smallest absolute Gasteiger partial charge is 0.407 e. The molecule has 16 heavy (non-hydrogen) atoms. The number of allylic oxidation sites excluding steroid dienone is 2. The van der Waals surface area contributed by atoms with Gasteiger partial charge < -0.3 is 20.7 Å². The molecule has 5 heteroatoms. The fraction of sp³-hybridized carbons (Fsp3) is 0.545. The second kappa shape index (κ2) is 4.27. The summed E-state index contributed by atoms with van der Waals surface area (Å²) in [4.78, 5) is 10.7. The van der Waals surface area contributed by atoms with Gasteiger partial charge in [0.15, 0.2) is 5.60 Å². The molecule has 0 fully saturated rings. The van der Waals surface area contributed by atoms with Crippen molar-refractivity contribution in [3.8, 4) is 0 Å². The summed E-state index contributed by atoms with van der Waals surface area (Å²) in [5.41, 5.74) is 3.80. The lowest BCUT2D eigenvalue weighted by Gasteiger charge is -2.40. The molecular formula is C11H17NO4. The van der Waals surface area contributed by atoms with Crippen LogP contribution in [0.3, 0.4) is 0 Å². The van der Waals surface area contributed by atoms with Crippen LogP contribution in [0.4, 0.5) is 4.79 Å². The van der Waals surface area contributed by atoms with Crippen LogP contribution in [0.2, 0.25) is 0 Å². The van der Waals surface area contributed by atoms with Crippen LogP contribution in [0.15, 0.2) is 23.8 Å². The SMILES string of the molecule is CCCC1=CC=CC(O)(OC(N)=O)C1(C)O. The third-order valence-corrected chi connectivity index (χ3v) is 2.72. The first-order valence-corrected chi connectivity index (χ1v) is 5.15. The van der Waals surface area contributed by atoms with E-state index in [1.54, 1.807) is 6.08 Å². The van der Waals surface area contributed by atoms with E-state index in [1.807, 2.05) is 6.92 Å². The zero-order valence-electron chi connectivity index (χ0n) is 9.43. The lowest BCUT2D eigenvalue weighted by atomic mass is 9.81. The first kappa shape index (κ1) is 12.7. The number of amides is 1. The normalized spacial score (nSPS) is 33.4. The molecule has 0 heterocycles. The molecule has 5 nitrogen and oxygen atoms in total. The summed E-state index contributed by atoms with van der Waals surface area (Å²) in [6.45, 7) is 3.34. The Morgan fingerprint density at radius 2 is 2.19 bits per heavy atom. The molecule has 1 rings (SSSR count). The van der Waals surface area contributed by atoms with Crippen LogP contribution in [0.5, 0.6) is 0 Å². The summed E-state index contributed by atoms with van der Waals surface area (Å²) >= 11 is 0. The molecule has 0 saturated heterocycles. The van der Waals surface area contributed by atoms with Crippen molar-refractivity contribution in [1.29, 1.82) is 0 Å². The standard InChI is InChI=1S/C11H17NO4/c1-3-5-8-6-4-7-11(15,10(8,2)14)16-9(12)13/h4,6-7,14-15H,3,5H2,1-2H3,(H2,12,13). The molecule has 0 aromatic rings. The molecule has 4 N–H and O–H groups in total. The minimum absolute atomic E-state index is 0.598. The quantitative estimate of drug-likeness (QED) is 0.622. The van der Waals surface area contributed by atoms with E-state index >= 15 is 0 Å². The molecule has 1 aliphatic rings. The number of aliphatic hydroxyl groups is 2. The van der Waals surface area contributed by atoms with Crippen LogP contribution in [0, 0.1) is 0 Å². The van der Waals surface area contributed by atoms with E-state index in [9.17, 15) is 15.0 Å². The number of rotatable bonds is 3. The van der Waals surface area contributed by atoms with E-state index in [-0.39, 0.29) is 0 Å². The molecule has 0 saturated carbocycles. The number of carbonyl (C=O) groups excluding carboxylic acids is 1. The number of ether oxygens (including phenoxy) is 1. The van der Waals surface area contributed by atoms with Crippen LogP contribution in [0.25, 0.3) is 0 Å². The summed E-state index contributed by atoms with van der Waals surface area (Å²) in [7, 11) is 0. The summed E-state index contributed by atoms with van der Waals surface area (Å²) < 4.78 is 4.59. The topological polar surface area (TPSA) is 92.8 Å². The van der Waals surface area contributed by atoms with Gasteiger partial charge in [0.05, 0.1) is 0 Å². The average Bonchev–Trinajstić information content (AvgIpc) is 2.13. The molecule has 0 radical (unpaired) electrons. The summed E-state index contributed by atoms with van der Waals surface area (Å²) in [6, 6.07) is 0. The zero-order valence-corrected chi connectivity index (χ0v) is 9.43. The molecule has 0 spiro atoms. The Balaban J connectivity index is 3.03. The monoisotopic (exact) mass is 227 g/mol. The Hall–Kier alpha value is -1.33. The van der Waals surface area contributed by atoms with Crippen molar-refractivity contribution in [2.24, 2.45) is 5.73 Å². The van der Waals surface area contributed by atoms with Gasteiger partial charge >= 0.3 is 6.09 Å². The fourth-order valence-corrected chi connectivity index (χ4v) is 1.73. The van der Waals surface area contributed by atoms with E-state index in [2.05, 4.69) is 4.74 Å². The number of hydrogen-bond donors (Lipinski definition) is 3. The van der Waals surface area contributed by atoms with Crippen LogP contribution in [-0.2, 0) is 4.74 Å². The van der Waals surface area contributed by atoms with Crippen molar-refractivity contribution in [3.05, 3.63) is 23.8 Å². The molecule has 1 aliphatic carbocycles. The van der Waals surface area contributed by atoms with Gasteiger partial charge in [-0.3, -0.25) is 0 Å². The molecular weight excluding hydrogens is 210 g/mol. The lowest BCUT2D eigenvalue weighted by Crippen LogP contribution is -2.56. The Labute approximate surface area is 94.2 Å². The molecule has 2 unspecified atom stereocenters. The second-order valence-corrected chi connectivity index (χ2v) is 3.99. The van der Waals surface area contributed by atoms with E-state index in [0.717, 1.165) is 6.42 Å². The molecule has 0 aromatic carbocycles. The highest BCUT2D eigenvalue weighted by Crippen LogP contribution is 2.37. The van der Waals surface area contributed by atoms with Crippen LogP contribution < -0.4 is 5.73 Å². The molecule has 1 amide bonds. The van der Waals surface area contributed by atoms with Gasteiger partial charge in [0, 0.05) is 0 Å². The number of primary amides is 1. The maximum absolute atomic E-state index is 10.7. The molecule has 0 aliphatic heterocycles. The third kappa shape index (κ3) is 2.10. The van der Waals surface area contributed by atoms with Gasteiger partial charge in [-0.15, -0.1) is 0 Å². The highest BCUT2D eigenvalue weighted by molar-refractivity contribution is 5.65. The second-order valence-electron chi connectivity index (χ2n) is 3.99. The third-order valence-electron chi connectivity index (χ3n) is 2.72. The van der Waals surface area contributed by atoms with Crippen LogP contribution >= 0.6 is 0 Å². The molecule has 90 valence electrons. The van der Waals surface area contributed by atoms with E-state index in [0.29, 0.717) is 12.0 Å². The van der Waals surface area contributed by atoms with E-state index in [4.69, 9.17) is 5.73 Å².